The van der Waals surface area contributed by atoms with Crippen molar-refractivity contribution < 1.29 is 27.6 Å². The van der Waals surface area contributed by atoms with E-state index in [-0.39, 0.29) is 17.1 Å². The highest BCUT2D eigenvalue weighted by Gasteiger charge is 2.28. The van der Waals surface area contributed by atoms with Gasteiger partial charge in [-0.1, -0.05) is 12.1 Å². The van der Waals surface area contributed by atoms with Crippen LogP contribution in [0, 0.1) is 10.1 Å². The van der Waals surface area contributed by atoms with Crippen LogP contribution >= 0.6 is 0 Å². The summed E-state index contributed by atoms with van der Waals surface area (Å²) in [6.07, 6.45) is -1.92. The summed E-state index contributed by atoms with van der Waals surface area (Å²) in [7, 11) is 0. The topological polar surface area (TPSA) is 81.5 Å². The molecule has 0 aromatic heterocycles. The maximum Gasteiger partial charge on any atom is 0.422 e. The second-order valence-corrected chi connectivity index (χ2v) is 5.07. The number of benzene rings is 2. The van der Waals surface area contributed by atoms with Crippen LogP contribution in [0.25, 0.3) is 6.08 Å². The lowest BCUT2D eigenvalue weighted by Gasteiger charge is -2.13. The molecule has 0 aliphatic heterocycles. The fourth-order valence-electron chi connectivity index (χ4n) is 1.91. The molecule has 1 N–H and O–H groups in total. The van der Waals surface area contributed by atoms with E-state index in [1.165, 1.54) is 54.6 Å². The zero-order valence-electron chi connectivity index (χ0n) is 13.2. The lowest BCUT2D eigenvalue weighted by atomic mass is 10.2. The number of anilines is 1. The molecule has 0 unspecified atom stereocenters. The summed E-state index contributed by atoms with van der Waals surface area (Å²) in [5.74, 6) is -0.701. The van der Waals surface area contributed by atoms with Gasteiger partial charge in [0.05, 0.1) is 10.6 Å². The molecule has 136 valence electrons. The minimum atomic E-state index is -4.49. The van der Waals surface area contributed by atoms with E-state index in [9.17, 15) is 28.1 Å². The number of halogens is 3. The summed E-state index contributed by atoms with van der Waals surface area (Å²) in [6, 6.07) is 11.2. The maximum absolute atomic E-state index is 12.3. The maximum atomic E-state index is 12.3. The molecule has 9 heteroatoms. The molecule has 0 spiro atoms. The van der Waals surface area contributed by atoms with Crippen molar-refractivity contribution in [1.82, 2.24) is 0 Å². The summed E-state index contributed by atoms with van der Waals surface area (Å²) in [6.45, 7) is -1.47. The standard InChI is InChI=1S/C17H13F3N2O4/c18-17(19,20)11-26-15-4-2-1-3-14(15)21-16(23)10-7-12-5-8-13(9-6-12)22(24)25/h1-10H,11H2,(H,21,23)/b10-7+. The molecular weight excluding hydrogens is 353 g/mol. The highest BCUT2D eigenvalue weighted by atomic mass is 19.4. The van der Waals surface area contributed by atoms with Crippen molar-refractivity contribution in [2.24, 2.45) is 0 Å². The van der Waals surface area contributed by atoms with Crippen molar-refractivity contribution in [3.8, 4) is 5.75 Å². The number of nitrogens with one attached hydrogen (secondary N) is 1. The molecule has 1 amide bonds. The third-order valence-electron chi connectivity index (χ3n) is 3.07. The van der Waals surface area contributed by atoms with Gasteiger partial charge in [-0.15, -0.1) is 0 Å². The van der Waals surface area contributed by atoms with E-state index in [1.54, 1.807) is 0 Å². The zero-order valence-corrected chi connectivity index (χ0v) is 13.2. The van der Waals surface area contributed by atoms with Gasteiger partial charge in [0.15, 0.2) is 6.61 Å². The van der Waals surface area contributed by atoms with Crippen molar-refractivity contribution in [2.45, 2.75) is 6.18 Å². The summed E-state index contributed by atoms with van der Waals surface area (Å²) >= 11 is 0. The lowest BCUT2D eigenvalue weighted by Crippen LogP contribution is -2.20. The zero-order chi connectivity index (χ0) is 19.2. The first kappa shape index (κ1) is 19.0. The Labute approximate surface area is 146 Å². The van der Waals surface area contributed by atoms with Crippen molar-refractivity contribution in [2.75, 3.05) is 11.9 Å². The Bertz CT molecular complexity index is 818. The second-order valence-electron chi connectivity index (χ2n) is 5.07. The van der Waals surface area contributed by atoms with Gasteiger partial charge in [-0.25, -0.2) is 0 Å². The summed E-state index contributed by atoms with van der Waals surface area (Å²) < 4.78 is 41.4. The Morgan fingerprint density at radius 1 is 1.15 bits per heavy atom. The number of rotatable bonds is 6. The van der Waals surface area contributed by atoms with Gasteiger partial charge < -0.3 is 10.1 Å². The van der Waals surface area contributed by atoms with Crippen LogP contribution in [0.2, 0.25) is 0 Å². The Morgan fingerprint density at radius 3 is 2.42 bits per heavy atom. The lowest BCUT2D eigenvalue weighted by molar-refractivity contribution is -0.384. The Hall–Kier alpha value is -3.36. The minimum Gasteiger partial charge on any atom is -0.482 e. The molecule has 0 aliphatic carbocycles. The van der Waals surface area contributed by atoms with Crippen molar-refractivity contribution >= 4 is 23.4 Å². The van der Waals surface area contributed by atoms with E-state index in [0.29, 0.717) is 5.56 Å². The van der Waals surface area contributed by atoms with Crippen LogP contribution < -0.4 is 10.1 Å². The number of ether oxygens (including phenoxy) is 1. The van der Waals surface area contributed by atoms with E-state index in [4.69, 9.17) is 0 Å². The van der Waals surface area contributed by atoms with Gasteiger partial charge in [-0.2, -0.15) is 13.2 Å². The van der Waals surface area contributed by atoms with Crippen LogP contribution in [0.5, 0.6) is 5.75 Å². The molecule has 0 saturated carbocycles. The third-order valence-corrected chi connectivity index (χ3v) is 3.07. The number of nitro benzene ring substituents is 1. The molecule has 0 fully saturated rings. The van der Waals surface area contributed by atoms with Crippen LogP contribution in [0.3, 0.4) is 0 Å². The van der Waals surface area contributed by atoms with E-state index in [2.05, 4.69) is 10.1 Å². The number of carbonyl (C=O) groups excluding carboxylic acids is 1. The Kier molecular flexibility index (Phi) is 5.94. The normalized spacial score (nSPS) is 11.3. The van der Waals surface area contributed by atoms with Crippen LogP contribution in [-0.4, -0.2) is 23.6 Å². The molecule has 0 radical (unpaired) electrons. The number of carbonyl (C=O) groups is 1. The van der Waals surface area contributed by atoms with Gasteiger partial charge in [-0.3, -0.25) is 14.9 Å². The van der Waals surface area contributed by atoms with Gasteiger partial charge in [0.1, 0.15) is 5.75 Å². The number of non-ortho nitro benzene ring substituents is 1. The molecule has 0 aliphatic rings. The fraction of sp³-hybridized carbons (Fsp3) is 0.118. The molecule has 26 heavy (non-hydrogen) atoms. The van der Waals surface area contributed by atoms with E-state index >= 15 is 0 Å². The molecule has 0 saturated heterocycles. The number of nitrogens with zero attached hydrogens (tertiary/aromatic N) is 1. The number of nitro groups is 1. The van der Waals surface area contributed by atoms with E-state index in [0.717, 1.165) is 6.08 Å². The van der Waals surface area contributed by atoms with Crippen molar-refractivity contribution in [1.29, 1.82) is 0 Å². The largest absolute Gasteiger partial charge is 0.482 e. The summed E-state index contributed by atoms with van der Waals surface area (Å²) in [4.78, 5) is 22.0. The summed E-state index contributed by atoms with van der Waals surface area (Å²) in [5, 5.41) is 13.0. The molecule has 2 rings (SSSR count). The SMILES string of the molecule is O=C(/C=C/c1ccc([N+](=O)[O-])cc1)Nc1ccccc1OCC(F)(F)F. The molecule has 0 atom stereocenters. The quantitative estimate of drug-likeness (QED) is 0.472. The molecule has 0 heterocycles. The third kappa shape index (κ3) is 5.93. The van der Waals surface area contributed by atoms with Gasteiger partial charge in [0, 0.05) is 18.2 Å². The van der Waals surface area contributed by atoms with Crippen LogP contribution in [0.15, 0.2) is 54.6 Å². The molecule has 2 aromatic rings. The number of hydrogen-bond acceptors (Lipinski definition) is 4. The number of hydrogen-bond donors (Lipinski definition) is 1. The monoisotopic (exact) mass is 366 g/mol. The van der Waals surface area contributed by atoms with Gasteiger partial charge >= 0.3 is 6.18 Å². The first-order valence-corrected chi connectivity index (χ1v) is 7.27. The molecule has 0 bridgehead atoms. The van der Waals surface area contributed by atoms with E-state index < -0.39 is 23.6 Å². The average Bonchev–Trinajstić information content (AvgIpc) is 2.59. The molecule has 6 nitrogen and oxygen atoms in total. The number of amides is 1. The predicted molar refractivity (Wildman–Crippen MR) is 88.8 cm³/mol. The van der Waals surface area contributed by atoms with Crippen molar-refractivity contribution in [3.05, 3.63) is 70.3 Å². The average molecular weight is 366 g/mol. The van der Waals surface area contributed by atoms with Gasteiger partial charge in [0.2, 0.25) is 5.91 Å². The highest BCUT2D eigenvalue weighted by molar-refractivity contribution is 6.02. The van der Waals surface area contributed by atoms with Gasteiger partial charge in [-0.05, 0) is 35.9 Å². The number of alkyl halides is 3. The summed E-state index contributed by atoms with van der Waals surface area (Å²) in [5.41, 5.74) is 0.560. The first-order chi connectivity index (χ1) is 12.2. The Balaban J connectivity index is 2.02. The Morgan fingerprint density at radius 2 is 1.81 bits per heavy atom. The highest BCUT2D eigenvalue weighted by Crippen LogP contribution is 2.26. The van der Waals surface area contributed by atoms with E-state index in [1.807, 2.05) is 0 Å². The molecule has 2 aromatic carbocycles. The first-order valence-electron chi connectivity index (χ1n) is 7.27. The smallest absolute Gasteiger partial charge is 0.422 e. The molecular formula is C17H13F3N2O4. The minimum absolute atomic E-state index is 0.0812. The van der Waals surface area contributed by atoms with Crippen LogP contribution in [-0.2, 0) is 4.79 Å². The van der Waals surface area contributed by atoms with Crippen LogP contribution in [0.4, 0.5) is 24.5 Å². The second kappa shape index (κ2) is 8.15. The predicted octanol–water partition coefficient (Wildman–Crippen LogP) is 4.19. The van der Waals surface area contributed by atoms with Crippen LogP contribution in [0.1, 0.15) is 5.56 Å². The fourth-order valence-corrected chi connectivity index (χ4v) is 1.91. The number of para-hydroxylation sites is 2. The van der Waals surface area contributed by atoms with Gasteiger partial charge in [0.25, 0.3) is 5.69 Å². The van der Waals surface area contributed by atoms with Crippen molar-refractivity contribution in [3.63, 3.8) is 0 Å².